The SMILES string of the molecule is Cc1ccc(OCC2(N)CC2)cn1.Cl. The zero-order chi connectivity index (χ0) is 9.31. The van der Waals surface area contributed by atoms with Crippen LogP contribution in [-0.4, -0.2) is 17.1 Å². The number of nitrogens with two attached hydrogens (primary N) is 1. The molecule has 1 aliphatic rings. The van der Waals surface area contributed by atoms with Crippen LogP contribution >= 0.6 is 12.4 Å². The first kappa shape index (κ1) is 11.3. The third-order valence-corrected chi connectivity index (χ3v) is 2.30. The van der Waals surface area contributed by atoms with Gasteiger partial charge in [0.25, 0.3) is 0 Å². The van der Waals surface area contributed by atoms with Crippen molar-refractivity contribution in [3.63, 3.8) is 0 Å². The van der Waals surface area contributed by atoms with E-state index < -0.39 is 0 Å². The number of rotatable bonds is 3. The topological polar surface area (TPSA) is 48.1 Å². The first-order chi connectivity index (χ1) is 6.18. The number of hydrogen-bond donors (Lipinski definition) is 1. The number of ether oxygens (including phenoxy) is 1. The van der Waals surface area contributed by atoms with Crippen molar-refractivity contribution < 1.29 is 4.74 Å². The molecule has 1 aliphatic carbocycles. The highest BCUT2D eigenvalue weighted by molar-refractivity contribution is 5.85. The Morgan fingerprint density at radius 2 is 2.21 bits per heavy atom. The molecule has 0 radical (unpaired) electrons. The number of aromatic nitrogens is 1. The molecule has 0 amide bonds. The van der Waals surface area contributed by atoms with Crippen molar-refractivity contribution in [1.29, 1.82) is 0 Å². The van der Waals surface area contributed by atoms with Gasteiger partial charge in [0.05, 0.1) is 11.7 Å². The zero-order valence-electron chi connectivity index (χ0n) is 8.19. The molecule has 3 nitrogen and oxygen atoms in total. The molecule has 1 aromatic heterocycles. The molecule has 4 heteroatoms. The molecule has 14 heavy (non-hydrogen) atoms. The summed E-state index contributed by atoms with van der Waals surface area (Å²) in [5.74, 6) is 0.808. The summed E-state index contributed by atoms with van der Waals surface area (Å²) in [5, 5.41) is 0. The maximum Gasteiger partial charge on any atom is 0.137 e. The lowest BCUT2D eigenvalue weighted by molar-refractivity contribution is 0.278. The van der Waals surface area contributed by atoms with E-state index in [-0.39, 0.29) is 17.9 Å². The first-order valence-electron chi connectivity index (χ1n) is 4.52. The second-order valence-electron chi connectivity index (χ2n) is 3.79. The van der Waals surface area contributed by atoms with Gasteiger partial charge in [-0.1, -0.05) is 0 Å². The normalized spacial score (nSPS) is 17.0. The van der Waals surface area contributed by atoms with Crippen molar-refractivity contribution in [1.82, 2.24) is 4.98 Å². The summed E-state index contributed by atoms with van der Waals surface area (Å²) in [5.41, 5.74) is 6.83. The van der Waals surface area contributed by atoms with E-state index in [1.165, 1.54) is 0 Å². The molecule has 2 N–H and O–H groups in total. The predicted molar refractivity (Wildman–Crippen MR) is 57.9 cm³/mol. The van der Waals surface area contributed by atoms with Crippen LogP contribution in [0.4, 0.5) is 0 Å². The molecule has 1 heterocycles. The maximum absolute atomic E-state index is 5.88. The van der Waals surface area contributed by atoms with Gasteiger partial charge >= 0.3 is 0 Å². The van der Waals surface area contributed by atoms with Crippen molar-refractivity contribution in [3.8, 4) is 5.75 Å². The molecule has 0 bridgehead atoms. The minimum Gasteiger partial charge on any atom is -0.490 e. The van der Waals surface area contributed by atoms with Crippen LogP contribution in [0, 0.1) is 6.92 Å². The summed E-state index contributed by atoms with van der Waals surface area (Å²) in [6.45, 7) is 2.56. The quantitative estimate of drug-likeness (QED) is 0.833. The number of halogens is 1. The standard InChI is InChI=1S/C10H14N2O.ClH/c1-8-2-3-9(6-12-8)13-7-10(11)4-5-10;/h2-3,6H,4-5,7,11H2,1H3;1H. The van der Waals surface area contributed by atoms with E-state index in [0.717, 1.165) is 24.3 Å². The highest BCUT2D eigenvalue weighted by Crippen LogP contribution is 2.32. The lowest BCUT2D eigenvalue weighted by atomic mass is 10.3. The van der Waals surface area contributed by atoms with E-state index in [1.54, 1.807) is 6.20 Å². The molecule has 0 saturated heterocycles. The van der Waals surface area contributed by atoms with Gasteiger partial charge in [0.1, 0.15) is 12.4 Å². The average molecular weight is 215 g/mol. The molecule has 2 rings (SSSR count). The van der Waals surface area contributed by atoms with Crippen LogP contribution in [0.1, 0.15) is 18.5 Å². The lowest BCUT2D eigenvalue weighted by Gasteiger charge is -2.10. The fourth-order valence-electron chi connectivity index (χ4n) is 1.07. The second-order valence-corrected chi connectivity index (χ2v) is 3.79. The number of aryl methyl sites for hydroxylation is 1. The Kier molecular flexibility index (Phi) is 3.34. The van der Waals surface area contributed by atoms with Crippen LogP contribution in [0.2, 0.25) is 0 Å². The van der Waals surface area contributed by atoms with Gasteiger partial charge in [0.2, 0.25) is 0 Å². The van der Waals surface area contributed by atoms with E-state index in [9.17, 15) is 0 Å². The maximum atomic E-state index is 5.88. The Morgan fingerprint density at radius 1 is 1.50 bits per heavy atom. The summed E-state index contributed by atoms with van der Waals surface area (Å²) in [4.78, 5) is 4.13. The molecule has 0 aliphatic heterocycles. The number of pyridine rings is 1. The smallest absolute Gasteiger partial charge is 0.137 e. The molecule has 0 unspecified atom stereocenters. The predicted octanol–water partition coefficient (Wildman–Crippen LogP) is 1.68. The fourth-order valence-corrected chi connectivity index (χ4v) is 1.07. The van der Waals surface area contributed by atoms with Crippen LogP contribution in [0.25, 0.3) is 0 Å². The van der Waals surface area contributed by atoms with Gasteiger partial charge in [-0.05, 0) is 31.9 Å². The Labute approximate surface area is 90.1 Å². The van der Waals surface area contributed by atoms with Crippen LogP contribution < -0.4 is 10.5 Å². The monoisotopic (exact) mass is 214 g/mol. The molecule has 0 atom stereocenters. The van der Waals surface area contributed by atoms with Crippen molar-refractivity contribution in [2.45, 2.75) is 25.3 Å². The van der Waals surface area contributed by atoms with Gasteiger partial charge in [-0.25, -0.2) is 0 Å². The van der Waals surface area contributed by atoms with Crippen LogP contribution in [0.15, 0.2) is 18.3 Å². The Hall–Kier alpha value is -0.800. The van der Waals surface area contributed by atoms with E-state index in [4.69, 9.17) is 10.5 Å². The highest BCUT2D eigenvalue weighted by atomic mass is 35.5. The van der Waals surface area contributed by atoms with Gasteiger partial charge in [-0.15, -0.1) is 12.4 Å². The van der Waals surface area contributed by atoms with Crippen molar-refractivity contribution in [2.75, 3.05) is 6.61 Å². The Morgan fingerprint density at radius 3 is 2.71 bits per heavy atom. The molecule has 0 aromatic carbocycles. The number of nitrogens with zero attached hydrogens (tertiary/aromatic N) is 1. The van der Waals surface area contributed by atoms with Gasteiger partial charge in [0, 0.05) is 5.69 Å². The molecular weight excluding hydrogens is 200 g/mol. The molecule has 1 fully saturated rings. The highest BCUT2D eigenvalue weighted by Gasteiger charge is 2.39. The van der Waals surface area contributed by atoms with Crippen LogP contribution in [0.5, 0.6) is 5.75 Å². The molecule has 0 spiro atoms. The summed E-state index contributed by atoms with van der Waals surface area (Å²) in [6.07, 6.45) is 3.89. The van der Waals surface area contributed by atoms with Crippen molar-refractivity contribution >= 4 is 12.4 Å². The molecule has 78 valence electrons. The second kappa shape index (κ2) is 4.15. The van der Waals surface area contributed by atoms with Gasteiger partial charge in [0.15, 0.2) is 0 Å². The van der Waals surface area contributed by atoms with E-state index in [1.807, 2.05) is 19.1 Å². The third kappa shape index (κ3) is 2.86. The summed E-state index contributed by atoms with van der Waals surface area (Å²) in [7, 11) is 0. The first-order valence-corrected chi connectivity index (χ1v) is 4.52. The van der Waals surface area contributed by atoms with Crippen LogP contribution in [0.3, 0.4) is 0 Å². The van der Waals surface area contributed by atoms with E-state index in [0.29, 0.717) is 6.61 Å². The summed E-state index contributed by atoms with van der Waals surface area (Å²) >= 11 is 0. The van der Waals surface area contributed by atoms with Crippen molar-refractivity contribution in [2.24, 2.45) is 5.73 Å². The number of hydrogen-bond acceptors (Lipinski definition) is 3. The van der Waals surface area contributed by atoms with E-state index >= 15 is 0 Å². The van der Waals surface area contributed by atoms with E-state index in [2.05, 4.69) is 4.98 Å². The zero-order valence-corrected chi connectivity index (χ0v) is 9.01. The fraction of sp³-hybridized carbons (Fsp3) is 0.500. The van der Waals surface area contributed by atoms with Crippen LogP contribution in [-0.2, 0) is 0 Å². The summed E-state index contributed by atoms with van der Waals surface area (Å²) in [6, 6.07) is 3.86. The molecular formula is C10H15ClN2O. The van der Waals surface area contributed by atoms with Gasteiger partial charge in [-0.2, -0.15) is 0 Å². The van der Waals surface area contributed by atoms with Crippen molar-refractivity contribution in [3.05, 3.63) is 24.0 Å². The minimum atomic E-state index is -0.0507. The lowest BCUT2D eigenvalue weighted by Crippen LogP contribution is -2.29. The minimum absolute atomic E-state index is 0. The van der Waals surface area contributed by atoms with Gasteiger partial charge < -0.3 is 10.5 Å². The average Bonchev–Trinajstić information content (AvgIpc) is 2.84. The Balaban J connectivity index is 0.000000980. The Bertz CT molecular complexity index is 295. The van der Waals surface area contributed by atoms with Gasteiger partial charge in [-0.3, -0.25) is 4.98 Å². The summed E-state index contributed by atoms with van der Waals surface area (Å²) < 4.78 is 5.50. The largest absolute Gasteiger partial charge is 0.490 e. The molecule has 1 aromatic rings. The third-order valence-electron chi connectivity index (χ3n) is 2.30. The molecule has 1 saturated carbocycles.